The van der Waals surface area contributed by atoms with Crippen molar-refractivity contribution >= 4 is 17.6 Å². The number of carbonyl (C=O) groups is 1. The lowest BCUT2D eigenvalue weighted by Gasteiger charge is -2.27. The number of alkyl halides is 1. The number of hydrogen-bond acceptors (Lipinski definition) is 3. The fraction of sp³-hybridized carbons (Fsp3) is 0.609. The van der Waals surface area contributed by atoms with Gasteiger partial charge < -0.3 is 15.3 Å². The number of carboxylic acid groups (broad SMARTS) is 1. The van der Waals surface area contributed by atoms with Crippen molar-refractivity contribution < 1.29 is 20.1 Å². The molecule has 3 N–H and O–H groups in total. The van der Waals surface area contributed by atoms with Crippen LogP contribution in [0.5, 0.6) is 0 Å². The standard InChI is InChI=1S/C23H33ClO4/c1-23(2,3)22(28)16-12-10-15(11-13-16)21-17(18(24)14-19(21)25)8-6-4-5-7-9-20(26)27/h4,6,10-13,17-19,21-22,25,28H,5,7-9,14H2,1-3H3,(H,26,27). The van der Waals surface area contributed by atoms with Crippen molar-refractivity contribution in [2.45, 2.75) is 76.4 Å². The average molecular weight is 409 g/mol. The normalized spacial score (nSPS) is 26.6. The zero-order valence-corrected chi connectivity index (χ0v) is 17.8. The van der Waals surface area contributed by atoms with Crippen LogP contribution in [-0.2, 0) is 4.79 Å². The van der Waals surface area contributed by atoms with Gasteiger partial charge in [-0.3, -0.25) is 4.79 Å². The summed E-state index contributed by atoms with van der Waals surface area (Å²) in [6.45, 7) is 6.01. The van der Waals surface area contributed by atoms with E-state index in [1.165, 1.54) is 0 Å². The predicted octanol–water partition coefficient (Wildman–Crippen LogP) is 5.04. The highest BCUT2D eigenvalue weighted by Gasteiger charge is 2.41. The van der Waals surface area contributed by atoms with Crippen molar-refractivity contribution in [1.82, 2.24) is 0 Å². The van der Waals surface area contributed by atoms with E-state index in [1.807, 2.05) is 51.1 Å². The molecule has 0 radical (unpaired) electrons. The van der Waals surface area contributed by atoms with E-state index in [-0.39, 0.29) is 29.0 Å². The van der Waals surface area contributed by atoms with E-state index in [2.05, 4.69) is 6.08 Å². The minimum atomic E-state index is -0.770. The molecule has 0 aliphatic heterocycles. The molecule has 1 aromatic carbocycles. The second-order valence-electron chi connectivity index (χ2n) is 8.94. The minimum Gasteiger partial charge on any atom is -0.481 e. The first-order valence-corrected chi connectivity index (χ1v) is 10.5. The number of aliphatic carboxylic acids is 1. The second-order valence-corrected chi connectivity index (χ2v) is 9.50. The van der Waals surface area contributed by atoms with Gasteiger partial charge in [0.15, 0.2) is 0 Å². The Bertz CT molecular complexity index is 662. The lowest BCUT2D eigenvalue weighted by molar-refractivity contribution is -0.137. The summed E-state index contributed by atoms with van der Waals surface area (Å²) in [7, 11) is 0. The maximum Gasteiger partial charge on any atom is 0.303 e. The number of rotatable bonds is 8. The summed E-state index contributed by atoms with van der Waals surface area (Å²) >= 11 is 6.53. The quantitative estimate of drug-likeness (QED) is 0.320. The first kappa shape index (κ1) is 22.9. The van der Waals surface area contributed by atoms with Crippen molar-refractivity contribution in [1.29, 1.82) is 0 Å². The molecule has 28 heavy (non-hydrogen) atoms. The van der Waals surface area contributed by atoms with Gasteiger partial charge in [-0.05, 0) is 48.1 Å². The number of allylic oxidation sites excluding steroid dienone is 2. The van der Waals surface area contributed by atoms with Gasteiger partial charge in [0.25, 0.3) is 0 Å². The molecule has 0 aromatic heterocycles. The fourth-order valence-corrected chi connectivity index (χ4v) is 4.41. The molecule has 2 rings (SSSR count). The molecule has 0 saturated heterocycles. The number of aliphatic hydroxyl groups excluding tert-OH is 2. The van der Waals surface area contributed by atoms with Crippen LogP contribution in [0.2, 0.25) is 0 Å². The Morgan fingerprint density at radius 2 is 1.89 bits per heavy atom. The number of aliphatic hydroxyl groups is 2. The Morgan fingerprint density at radius 1 is 1.25 bits per heavy atom. The van der Waals surface area contributed by atoms with Gasteiger partial charge in [0.1, 0.15) is 0 Å². The van der Waals surface area contributed by atoms with Crippen molar-refractivity contribution in [3.63, 3.8) is 0 Å². The number of carboxylic acids is 1. The minimum absolute atomic E-state index is 0.0352. The van der Waals surface area contributed by atoms with Gasteiger partial charge in [-0.15, -0.1) is 11.6 Å². The van der Waals surface area contributed by atoms with Crippen LogP contribution < -0.4 is 0 Å². The smallest absolute Gasteiger partial charge is 0.303 e. The van der Waals surface area contributed by atoms with Gasteiger partial charge in [0.05, 0.1) is 12.2 Å². The van der Waals surface area contributed by atoms with E-state index < -0.39 is 18.2 Å². The first-order chi connectivity index (χ1) is 13.1. The van der Waals surface area contributed by atoms with Crippen molar-refractivity contribution in [2.24, 2.45) is 11.3 Å². The molecule has 156 valence electrons. The average Bonchev–Trinajstić information content (AvgIpc) is 2.90. The second kappa shape index (κ2) is 9.91. The van der Waals surface area contributed by atoms with Crippen molar-refractivity contribution in [3.8, 4) is 0 Å². The third-order valence-corrected chi connectivity index (χ3v) is 6.10. The SMILES string of the molecule is CC(C)(C)C(O)c1ccc(C2C(O)CC(Cl)C2CC=CCCCC(=O)O)cc1. The molecule has 0 heterocycles. The van der Waals surface area contributed by atoms with Gasteiger partial charge >= 0.3 is 5.97 Å². The summed E-state index contributed by atoms with van der Waals surface area (Å²) in [5.74, 6) is -0.675. The summed E-state index contributed by atoms with van der Waals surface area (Å²) in [5, 5.41) is 29.6. The summed E-state index contributed by atoms with van der Waals surface area (Å²) < 4.78 is 0. The Hall–Kier alpha value is -1.36. The van der Waals surface area contributed by atoms with Crippen LogP contribution in [-0.4, -0.2) is 32.8 Å². The summed E-state index contributed by atoms with van der Waals surface area (Å²) in [4.78, 5) is 10.6. The molecule has 0 spiro atoms. The number of halogens is 1. The highest BCUT2D eigenvalue weighted by atomic mass is 35.5. The molecule has 1 aliphatic carbocycles. The summed E-state index contributed by atoms with van der Waals surface area (Å²) in [6, 6.07) is 7.88. The van der Waals surface area contributed by atoms with E-state index in [9.17, 15) is 15.0 Å². The molecule has 0 amide bonds. The largest absolute Gasteiger partial charge is 0.481 e. The third kappa shape index (κ3) is 6.07. The zero-order chi connectivity index (χ0) is 20.9. The number of unbranched alkanes of at least 4 members (excludes halogenated alkanes) is 1. The van der Waals surface area contributed by atoms with Crippen LogP contribution in [0, 0.1) is 11.3 Å². The highest BCUT2D eigenvalue weighted by molar-refractivity contribution is 6.21. The predicted molar refractivity (Wildman–Crippen MR) is 113 cm³/mol. The fourth-order valence-electron chi connectivity index (χ4n) is 3.97. The van der Waals surface area contributed by atoms with E-state index in [0.717, 1.165) is 24.0 Å². The Kier molecular flexibility index (Phi) is 8.11. The van der Waals surface area contributed by atoms with Gasteiger partial charge in [-0.25, -0.2) is 0 Å². The van der Waals surface area contributed by atoms with E-state index in [0.29, 0.717) is 12.8 Å². The van der Waals surface area contributed by atoms with Crippen molar-refractivity contribution in [3.05, 3.63) is 47.5 Å². The van der Waals surface area contributed by atoms with Crippen LogP contribution in [0.3, 0.4) is 0 Å². The van der Waals surface area contributed by atoms with Crippen LogP contribution in [0.1, 0.15) is 76.0 Å². The van der Waals surface area contributed by atoms with Crippen LogP contribution >= 0.6 is 11.6 Å². The molecular weight excluding hydrogens is 376 g/mol. The van der Waals surface area contributed by atoms with Gasteiger partial charge in [-0.2, -0.15) is 0 Å². The molecule has 1 aromatic rings. The number of benzene rings is 1. The molecule has 1 fully saturated rings. The molecule has 5 atom stereocenters. The van der Waals surface area contributed by atoms with E-state index in [1.54, 1.807) is 0 Å². The maximum absolute atomic E-state index is 10.6. The molecule has 1 aliphatic rings. The molecular formula is C23H33ClO4. The molecule has 5 heteroatoms. The summed E-state index contributed by atoms with van der Waals surface area (Å²) in [5.41, 5.74) is 1.69. The summed E-state index contributed by atoms with van der Waals surface area (Å²) in [6.07, 6.45) is 5.92. The van der Waals surface area contributed by atoms with E-state index in [4.69, 9.17) is 16.7 Å². The topological polar surface area (TPSA) is 77.8 Å². The van der Waals surface area contributed by atoms with Crippen LogP contribution in [0.15, 0.2) is 36.4 Å². The molecule has 4 nitrogen and oxygen atoms in total. The molecule has 0 bridgehead atoms. The van der Waals surface area contributed by atoms with E-state index >= 15 is 0 Å². The first-order valence-electron chi connectivity index (χ1n) is 10.1. The lowest BCUT2D eigenvalue weighted by atomic mass is 9.82. The lowest BCUT2D eigenvalue weighted by Crippen LogP contribution is -2.20. The van der Waals surface area contributed by atoms with Crippen LogP contribution in [0.25, 0.3) is 0 Å². The number of hydrogen-bond donors (Lipinski definition) is 3. The zero-order valence-electron chi connectivity index (χ0n) is 17.0. The Labute approximate surface area is 173 Å². The van der Waals surface area contributed by atoms with Crippen LogP contribution in [0.4, 0.5) is 0 Å². The van der Waals surface area contributed by atoms with Crippen molar-refractivity contribution in [2.75, 3.05) is 0 Å². The molecule has 1 saturated carbocycles. The molecule has 5 unspecified atom stereocenters. The Morgan fingerprint density at radius 3 is 2.46 bits per heavy atom. The third-order valence-electron chi connectivity index (χ3n) is 5.60. The Balaban J connectivity index is 2.05. The maximum atomic E-state index is 10.6. The van der Waals surface area contributed by atoms with Gasteiger partial charge in [0.2, 0.25) is 0 Å². The monoisotopic (exact) mass is 408 g/mol. The van der Waals surface area contributed by atoms with Gasteiger partial charge in [-0.1, -0.05) is 57.2 Å². The highest BCUT2D eigenvalue weighted by Crippen LogP contribution is 2.45. The van der Waals surface area contributed by atoms with Gasteiger partial charge in [0, 0.05) is 17.7 Å².